The van der Waals surface area contributed by atoms with E-state index in [9.17, 15) is 9.59 Å². The smallest absolute Gasteiger partial charge is 0.251 e. The SMILES string of the molecule is CC(C)CC(=O)CNC(=O)c1ccc(Cl)cc1. The van der Waals surface area contributed by atoms with Crippen molar-refractivity contribution in [1.29, 1.82) is 0 Å². The minimum atomic E-state index is -0.251. The zero-order chi connectivity index (χ0) is 12.8. The van der Waals surface area contributed by atoms with Crippen molar-refractivity contribution in [3.63, 3.8) is 0 Å². The largest absolute Gasteiger partial charge is 0.345 e. The monoisotopic (exact) mass is 253 g/mol. The van der Waals surface area contributed by atoms with Gasteiger partial charge in [-0.3, -0.25) is 9.59 Å². The molecule has 0 bridgehead atoms. The number of ketones is 1. The van der Waals surface area contributed by atoms with Gasteiger partial charge in [0, 0.05) is 17.0 Å². The summed E-state index contributed by atoms with van der Waals surface area (Å²) in [5.74, 6) is 0.107. The summed E-state index contributed by atoms with van der Waals surface area (Å²) in [6.45, 7) is 4.03. The van der Waals surface area contributed by atoms with Gasteiger partial charge in [-0.25, -0.2) is 0 Å². The molecule has 17 heavy (non-hydrogen) atoms. The Morgan fingerprint density at radius 2 is 1.82 bits per heavy atom. The Bertz CT molecular complexity index is 398. The second-order valence-electron chi connectivity index (χ2n) is 4.33. The van der Waals surface area contributed by atoms with Crippen LogP contribution in [0.15, 0.2) is 24.3 Å². The van der Waals surface area contributed by atoms with Gasteiger partial charge in [0.25, 0.3) is 5.91 Å². The number of carbonyl (C=O) groups excluding carboxylic acids is 2. The fourth-order valence-electron chi connectivity index (χ4n) is 1.41. The Morgan fingerprint density at radius 3 is 2.35 bits per heavy atom. The van der Waals surface area contributed by atoms with Crippen molar-refractivity contribution in [2.45, 2.75) is 20.3 Å². The van der Waals surface area contributed by atoms with Gasteiger partial charge in [0.05, 0.1) is 6.54 Å². The standard InChI is InChI=1S/C13H16ClNO2/c1-9(2)7-12(16)8-15-13(17)10-3-5-11(14)6-4-10/h3-6,9H,7-8H2,1-2H3,(H,15,17). The highest BCUT2D eigenvalue weighted by molar-refractivity contribution is 6.30. The maximum Gasteiger partial charge on any atom is 0.251 e. The molecular weight excluding hydrogens is 238 g/mol. The molecule has 3 nitrogen and oxygen atoms in total. The molecule has 0 saturated heterocycles. The molecule has 0 spiro atoms. The van der Waals surface area contributed by atoms with Crippen molar-refractivity contribution in [1.82, 2.24) is 5.32 Å². The third kappa shape index (κ3) is 5.00. The maximum atomic E-state index is 11.6. The summed E-state index contributed by atoms with van der Waals surface area (Å²) < 4.78 is 0. The van der Waals surface area contributed by atoms with E-state index in [1.165, 1.54) is 0 Å². The number of Topliss-reactive ketones (excluding diaryl/α,β-unsaturated/α-hetero) is 1. The topological polar surface area (TPSA) is 46.2 Å². The normalized spacial score (nSPS) is 10.4. The summed E-state index contributed by atoms with van der Waals surface area (Å²) in [5.41, 5.74) is 0.506. The average Bonchev–Trinajstić information content (AvgIpc) is 2.26. The van der Waals surface area contributed by atoms with Crippen LogP contribution in [0.4, 0.5) is 0 Å². The number of carbonyl (C=O) groups is 2. The Morgan fingerprint density at radius 1 is 1.24 bits per heavy atom. The van der Waals surface area contributed by atoms with Gasteiger partial charge in [0.1, 0.15) is 0 Å². The zero-order valence-corrected chi connectivity index (χ0v) is 10.8. The minimum Gasteiger partial charge on any atom is -0.345 e. The molecule has 0 fully saturated rings. The van der Waals surface area contributed by atoms with Crippen LogP contribution in [0.1, 0.15) is 30.6 Å². The molecule has 1 aromatic carbocycles. The molecule has 1 rings (SSSR count). The van der Waals surface area contributed by atoms with Crippen LogP contribution in [0, 0.1) is 5.92 Å². The van der Waals surface area contributed by atoms with Gasteiger partial charge in [-0.15, -0.1) is 0 Å². The van der Waals surface area contributed by atoms with Crippen LogP contribution in [0.5, 0.6) is 0 Å². The Hall–Kier alpha value is -1.35. The van der Waals surface area contributed by atoms with Gasteiger partial charge in [0.15, 0.2) is 5.78 Å². The summed E-state index contributed by atoms with van der Waals surface area (Å²) in [5, 5.41) is 3.17. The van der Waals surface area contributed by atoms with Gasteiger partial charge in [-0.1, -0.05) is 25.4 Å². The molecule has 4 heteroatoms. The van der Waals surface area contributed by atoms with Gasteiger partial charge in [-0.05, 0) is 30.2 Å². The summed E-state index contributed by atoms with van der Waals surface area (Å²) in [6.07, 6.45) is 0.487. The molecule has 0 aliphatic heterocycles. The van der Waals surface area contributed by atoms with E-state index < -0.39 is 0 Å². The minimum absolute atomic E-state index is 0.0438. The van der Waals surface area contributed by atoms with Crippen molar-refractivity contribution in [3.8, 4) is 0 Å². The lowest BCUT2D eigenvalue weighted by atomic mass is 10.1. The van der Waals surface area contributed by atoms with E-state index in [1.807, 2.05) is 13.8 Å². The highest BCUT2D eigenvalue weighted by Gasteiger charge is 2.09. The Kier molecular flexibility index (Phi) is 5.16. The predicted molar refractivity (Wildman–Crippen MR) is 68.2 cm³/mol. The zero-order valence-electron chi connectivity index (χ0n) is 10.00. The Balaban J connectivity index is 2.45. The van der Waals surface area contributed by atoms with Gasteiger partial charge in [-0.2, -0.15) is 0 Å². The van der Waals surface area contributed by atoms with E-state index in [1.54, 1.807) is 24.3 Å². The lowest BCUT2D eigenvalue weighted by Gasteiger charge is -2.06. The molecule has 0 radical (unpaired) electrons. The fraction of sp³-hybridized carbons (Fsp3) is 0.385. The lowest BCUT2D eigenvalue weighted by molar-refractivity contribution is -0.118. The van der Waals surface area contributed by atoms with E-state index in [2.05, 4.69) is 5.32 Å². The van der Waals surface area contributed by atoms with Gasteiger partial charge in [0.2, 0.25) is 0 Å². The molecule has 0 aromatic heterocycles. The van der Waals surface area contributed by atoms with Crippen LogP contribution in [0.3, 0.4) is 0 Å². The van der Waals surface area contributed by atoms with E-state index in [0.717, 1.165) is 0 Å². The quantitative estimate of drug-likeness (QED) is 0.877. The number of benzene rings is 1. The molecular formula is C13H16ClNO2. The molecule has 0 heterocycles. The average molecular weight is 254 g/mol. The molecule has 92 valence electrons. The molecule has 0 unspecified atom stereocenters. The summed E-state index contributed by atoms with van der Waals surface area (Å²) >= 11 is 5.72. The molecule has 0 aliphatic carbocycles. The van der Waals surface area contributed by atoms with Crippen LogP contribution in [-0.2, 0) is 4.79 Å². The van der Waals surface area contributed by atoms with Crippen LogP contribution in [0.25, 0.3) is 0 Å². The predicted octanol–water partition coefficient (Wildman–Crippen LogP) is 2.69. The summed E-state index contributed by atoms with van der Waals surface area (Å²) in [4.78, 5) is 23.0. The molecule has 0 atom stereocenters. The lowest BCUT2D eigenvalue weighted by Crippen LogP contribution is -2.29. The molecule has 0 aliphatic rings. The second-order valence-corrected chi connectivity index (χ2v) is 4.76. The number of amides is 1. The first-order valence-electron chi connectivity index (χ1n) is 5.54. The van der Waals surface area contributed by atoms with Crippen LogP contribution in [0.2, 0.25) is 5.02 Å². The molecule has 1 amide bonds. The first kappa shape index (κ1) is 13.7. The summed E-state index contributed by atoms with van der Waals surface area (Å²) in [7, 11) is 0. The first-order valence-corrected chi connectivity index (χ1v) is 5.92. The molecule has 0 saturated carbocycles. The Labute approximate surface area is 106 Å². The first-order chi connectivity index (χ1) is 7.99. The number of rotatable bonds is 5. The van der Waals surface area contributed by atoms with Crippen molar-refractivity contribution in [2.75, 3.05) is 6.54 Å². The summed E-state index contributed by atoms with van der Waals surface area (Å²) in [6, 6.07) is 6.55. The van der Waals surface area contributed by atoms with E-state index in [-0.39, 0.29) is 18.2 Å². The van der Waals surface area contributed by atoms with Gasteiger partial charge >= 0.3 is 0 Å². The molecule has 1 N–H and O–H groups in total. The number of hydrogen-bond acceptors (Lipinski definition) is 2. The highest BCUT2D eigenvalue weighted by Crippen LogP contribution is 2.09. The van der Waals surface area contributed by atoms with Crippen molar-refractivity contribution < 1.29 is 9.59 Å². The third-order valence-electron chi connectivity index (χ3n) is 2.19. The highest BCUT2D eigenvalue weighted by atomic mass is 35.5. The van der Waals surface area contributed by atoms with Crippen molar-refractivity contribution >= 4 is 23.3 Å². The van der Waals surface area contributed by atoms with E-state index in [0.29, 0.717) is 22.9 Å². The number of halogens is 1. The van der Waals surface area contributed by atoms with E-state index in [4.69, 9.17) is 11.6 Å². The van der Waals surface area contributed by atoms with Crippen molar-refractivity contribution in [3.05, 3.63) is 34.9 Å². The van der Waals surface area contributed by atoms with E-state index >= 15 is 0 Å². The van der Waals surface area contributed by atoms with Gasteiger partial charge < -0.3 is 5.32 Å². The second kappa shape index (κ2) is 6.40. The maximum absolute atomic E-state index is 11.6. The van der Waals surface area contributed by atoms with Crippen LogP contribution in [-0.4, -0.2) is 18.2 Å². The number of nitrogens with one attached hydrogen (secondary N) is 1. The molecule has 1 aromatic rings. The van der Waals surface area contributed by atoms with Crippen LogP contribution >= 0.6 is 11.6 Å². The van der Waals surface area contributed by atoms with Crippen molar-refractivity contribution in [2.24, 2.45) is 5.92 Å². The van der Waals surface area contributed by atoms with Crippen LogP contribution < -0.4 is 5.32 Å². The third-order valence-corrected chi connectivity index (χ3v) is 2.44. The fourth-order valence-corrected chi connectivity index (χ4v) is 1.54. The number of hydrogen-bond donors (Lipinski definition) is 1.